The first kappa shape index (κ1) is 13.9. The number of rotatable bonds is 5. The molecule has 1 aromatic carbocycles. The van der Waals surface area contributed by atoms with Crippen LogP contribution in [0.1, 0.15) is 18.6 Å². The first-order valence-corrected chi connectivity index (χ1v) is 6.25. The Labute approximate surface area is 116 Å². The Kier molecular flexibility index (Phi) is 4.24. The molecule has 0 aliphatic carbocycles. The van der Waals surface area contributed by atoms with Gasteiger partial charge in [-0.15, -0.1) is 0 Å². The average Bonchev–Trinajstić information content (AvgIpc) is 2.38. The van der Waals surface area contributed by atoms with Crippen molar-refractivity contribution in [1.82, 2.24) is 15.0 Å². The quantitative estimate of drug-likeness (QED) is 0.895. The summed E-state index contributed by atoms with van der Waals surface area (Å²) in [6.07, 6.45) is -0.221. The molecule has 0 aliphatic rings. The summed E-state index contributed by atoms with van der Waals surface area (Å²) in [6.45, 7) is 4.19. The standard InChI is InChI=1S/C14H15N3O3/c1-3-20-11-6-4-5-10(7-11)14-16-9(2)15-12(17-14)8-13(18)19/h4-7H,3,8H2,1-2H3,(H,18,19). The maximum Gasteiger partial charge on any atom is 0.311 e. The third-order valence-corrected chi connectivity index (χ3v) is 2.51. The number of ether oxygens (including phenoxy) is 1. The fourth-order valence-corrected chi connectivity index (χ4v) is 1.77. The highest BCUT2D eigenvalue weighted by atomic mass is 16.5. The molecule has 0 amide bonds. The van der Waals surface area contributed by atoms with Crippen molar-refractivity contribution >= 4 is 5.97 Å². The van der Waals surface area contributed by atoms with Crippen LogP contribution in [0.25, 0.3) is 11.4 Å². The van der Waals surface area contributed by atoms with Gasteiger partial charge in [0.25, 0.3) is 0 Å². The lowest BCUT2D eigenvalue weighted by Crippen LogP contribution is -2.08. The topological polar surface area (TPSA) is 85.2 Å². The number of carboxylic acids is 1. The predicted molar refractivity (Wildman–Crippen MR) is 72.5 cm³/mol. The Morgan fingerprint density at radius 2 is 2.10 bits per heavy atom. The van der Waals surface area contributed by atoms with Crippen molar-refractivity contribution in [3.8, 4) is 17.1 Å². The maximum atomic E-state index is 10.7. The molecule has 1 N–H and O–H groups in total. The minimum absolute atomic E-state index is 0.221. The van der Waals surface area contributed by atoms with Crippen molar-refractivity contribution in [2.75, 3.05) is 6.61 Å². The minimum atomic E-state index is -0.968. The molecule has 104 valence electrons. The number of nitrogens with zero attached hydrogens (tertiary/aromatic N) is 3. The molecule has 1 aromatic heterocycles. The summed E-state index contributed by atoms with van der Waals surface area (Å²) in [5.74, 6) is 0.956. The Morgan fingerprint density at radius 3 is 2.80 bits per heavy atom. The Hall–Kier alpha value is -2.50. The molecule has 0 bridgehead atoms. The van der Waals surface area contributed by atoms with Crippen molar-refractivity contribution in [1.29, 1.82) is 0 Å². The van der Waals surface area contributed by atoms with Gasteiger partial charge in [0.1, 0.15) is 23.8 Å². The lowest BCUT2D eigenvalue weighted by molar-refractivity contribution is -0.136. The van der Waals surface area contributed by atoms with E-state index >= 15 is 0 Å². The molecule has 0 aliphatic heterocycles. The summed E-state index contributed by atoms with van der Waals surface area (Å²) in [6, 6.07) is 7.36. The van der Waals surface area contributed by atoms with Gasteiger partial charge in [0.15, 0.2) is 5.82 Å². The second-order valence-corrected chi connectivity index (χ2v) is 4.15. The van der Waals surface area contributed by atoms with E-state index in [9.17, 15) is 4.79 Å². The van der Waals surface area contributed by atoms with E-state index in [2.05, 4.69) is 15.0 Å². The molecule has 0 atom stereocenters. The minimum Gasteiger partial charge on any atom is -0.494 e. The predicted octanol–water partition coefficient (Wildman–Crippen LogP) is 1.87. The zero-order valence-electron chi connectivity index (χ0n) is 11.3. The fourth-order valence-electron chi connectivity index (χ4n) is 1.77. The fraction of sp³-hybridized carbons (Fsp3) is 0.286. The number of carboxylic acid groups (broad SMARTS) is 1. The van der Waals surface area contributed by atoms with E-state index in [0.717, 1.165) is 11.3 Å². The Morgan fingerprint density at radius 1 is 1.30 bits per heavy atom. The van der Waals surface area contributed by atoms with Crippen LogP contribution in [-0.2, 0) is 11.2 Å². The van der Waals surface area contributed by atoms with Crippen molar-refractivity contribution in [3.05, 3.63) is 35.9 Å². The summed E-state index contributed by atoms with van der Waals surface area (Å²) < 4.78 is 5.43. The molecule has 2 aromatic rings. The highest BCUT2D eigenvalue weighted by Crippen LogP contribution is 2.21. The maximum absolute atomic E-state index is 10.7. The first-order valence-electron chi connectivity index (χ1n) is 6.25. The third kappa shape index (κ3) is 3.50. The number of aliphatic carboxylic acids is 1. The van der Waals surface area contributed by atoms with Gasteiger partial charge in [-0.25, -0.2) is 15.0 Å². The number of hydrogen-bond acceptors (Lipinski definition) is 5. The van der Waals surface area contributed by atoms with Gasteiger partial charge >= 0.3 is 5.97 Å². The molecule has 0 unspecified atom stereocenters. The molecule has 6 nitrogen and oxygen atoms in total. The van der Waals surface area contributed by atoms with E-state index in [-0.39, 0.29) is 12.2 Å². The van der Waals surface area contributed by atoms with Crippen LogP contribution in [-0.4, -0.2) is 32.6 Å². The van der Waals surface area contributed by atoms with Crippen LogP contribution >= 0.6 is 0 Å². The van der Waals surface area contributed by atoms with E-state index in [0.29, 0.717) is 18.3 Å². The summed E-state index contributed by atoms with van der Waals surface area (Å²) >= 11 is 0. The van der Waals surface area contributed by atoms with Crippen molar-refractivity contribution in [2.24, 2.45) is 0 Å². The van der Waals surface area contributed by atoms with E-state index in [1.807, 2.05) is 31.2 Å². The highest BCUT2D eigenvalue weighted by molar-refractivity contribution is 5.69. The van der Waals surface area contributed by atoms with Crippen LogP contribution in [0.3, 0.4) is 0 Å². The molecule has 1 heterocycles. The van der Waals surface area contributed by atoms with Crippen LogP contribution in [0, 0.1) is 6.92 Å². The monoisotopic (exact) mass is 273 g/mol. The molecular weight excluding hydrogens is 258 g/mol. The lowest BCUT2D eigenvalue weighted by Gasteiger charge is -2.06. The van der Waals surface area contributed by atoms with Gasteiger partial charge in [-0.3, -0.25) is 4.79 Å². The smallest absolute Gasteiger partial charge is 0.311 e. The number of hydrogen-bond donors (Lipinski definition) is 1. The van der Waals surface area contributed by atoms with Gasteiger partial charge in [0.2, 0.25) is 0 Å². The molecule has 0 saturated carbocycles. The van der Waals surface area contributed by atoms with Crippen LogP contribution in [0.15, 0.2) is 24.3 Å². The molecule has 0 saturated heterocycles. The summed E-state index contributed by atoms with van der Waals surface area (Å²) in [7, 11) is 0. The van der Waals surface area contributed by atoms with Crippen LogP contribution in [0.5, 0.6) is 5.75 Å². The van der Waals surface area contributed by atoms with Crippen molar-refractivity contribution in [3.63, 3.8) is 0 Å². The zero-order valence-corrected chi connectivity index (χ0v) is 11.3. The molecule has 2 rings (SSSR count). The molecule has 0 spiro atoms. The van der Waals surface area contributed by atoms with Crippen LogP contribution < -0.4 is 4.74 Å². The first-order chi connectivity index (χ1) is 9.58. The lowest BCUT2D eigenvalue weighted by atomic mass is 10.2. The van der Waals surface area contributed by atoms with Crippen LogP contribution in [0.2, 0.25) is 0 Å². The summed E-state index contributed by atoms with van der Waals surface area (Å²) in [4.78, 5) is 23.2. The average molecular weight is 273 g/mol. The molecular formula is C14H15N3O3. The normalized spacial score (nSPS) is 10.3. The van der Waals surface area contributed by atoms with E-state index in [1.54, 1.807) is 6.92 Å². The van der Waals surface area contributed by atoms with Gasteiger partial charge in [-0.2, -0.15) is 0 Å². The molecule has 0 radical (unpaired) electrons. The van der Waals surface area contributed by atoms with E-state index in [4.69, 9.17) is 9.84 Å². The molecule has 0 fully saturated rings. The number of aryl methyl sites for hydroxylation is 1. The van der Waals surface area contributed by atoms with E-state index in [1.165, 1.54) is 0 Å². The number of benzene rings is 1. The van der Waals surface area contributed by atoms with Gasteiger partial charge in [-0.1, -0.05) is 12.1 Å². The Balaban J connectivity index is 2.38. The zero-order chi connectivity index (χ0) is 14.5. The number of aromatic nitrogens is 3. The van der Waals surface area contributed by atoms with Gasteiger partial charge in [0.05, 0.1) is 6.61 Å². The van der Waals surface area contributed by atoms with E-state index < -0.39 is 5.97 Å². The van der Waals surface area contributed by atoms with Gasteiger partial charge in [0, 0.05) is 5.56 Å². The second kappa shape index (κ2) is 6.10. The van der Waals surface area contributed by atoms with Gasteiger partial charge in [-0.05, 0) is 26.0 Å². The van der Waals surface area contributed by atoms with Crippen LogP contribution in [0.4, 0.5) is 0 Å². The molecule has 6 heteroatoms. The second-order valence-electron chi connectivity index (χ2n) is 4.15. The number of carbonyl (C=O) groups is 1. The molecule has 20 heavy (non-hydrogen) atoms. The third-order valence-electron chi connectivity index (χ3n) is 2.51. The van der Waals surface area contributed by atoms with Gasteiger partial charge < -0.3 is 9.84 Å². The Bertz CT molecular complexity index is 629. The van der Waals surface area contributed by atoms with Crippen molar-refractivity contribution < 1.29 is 14.6 Å². The largest absolute Gasteiger partial charge is 0.494 e. The summed E-state index contributed by atoms with van der Waals surface area (Å²) in [5, 5.41) is 8.81. The van der Waals surface area contributed by atoms with Crippen molar-refractivity contribution in [2.45, 2.75) is 20.3 Å². The highest BCUT2D eigenvalue weighted by Gasteiger charge is 2.10. The summed E-state index contributed by atoms with van der Waals surface area (Å²) in [5.41, 5.74) is 0.771. The SMILES string of the molecule is CCOc1cccc(-c2nc(C)nc(CC(=O)O)n2)c1.